The molecule has 1 fully saturated rings. The van der Waals surface area contributed by atoms with Crippen LogP contribution in [-0.4, -0.2) is 36.8 Å². The highest BCUT2D eigenvalue weighted by Gasteiger charge is 2.40. The van der Waals surface area contributed by atoms with Crippen LogP contribution in [0, 0.1) is 5.92 Å². The molecule has 2 aromatic rings. The summed E-state index contributed by atoms with van der Waals surface area (Å²) in [6.45, 7) is 1.21. The molecule has 0 radical (unpaired) electrons. The number of likely N-dealkylation sites (tertiary alicyclic amines) is 1. The van der Waals surface area contributed by atoms with Gasteiger partial charge in [-0.3, -0.25) is 0 Å². The molecule has 4 rings (SSSR count). The molecule has 5 heteroatoms. The lowest BCUT2D eigenvalue weighted by atomic mass is 9.83. The number of hydrazone groups is 1. The van der Waals surface area contributed by atoms with Gasteiger partial charge in [0.2, 0.25) is 0 Å². The molecular formula is C21H22N4O. The summed E-state index contributed by atoms with van der Waals surface area (Å²) in [5, 5.41) is 7.41. The van der Waals surface area contributed by atoms with Gasteiger partial charge in [-0.1, -0.05) is 60.7 Å². The molecule has 0 bridgehead atoms. The lowest BCUT2D eigenvalue weighted by molar-refractivity contribution is 0.195. The zero-order valence-corrected chi connectivity index (χ0v) is 14.7. The molecular weight excluding hydrogens is 324 g/mol. The Labute approximate surface area is 153 Å². The topological polar surface area (TPSA) is 56.7 Å². The van der Waals surface area contributed by atoms with Crippen molar-refractivity contribution in [2.24, 2.45) is 11.0 Å². The van der Waals surface area contributed by atoms with Gasteiger partial charge in [-0.2, -0.15) is 5.10 Å². The van der Waals surface area contributed by atoms with Crippen molar-refractivity contribution < 1.29 is 4.79 Å². The number of rotatable bonds is 2. The minimum Gasteiger partial charge on any atom is -0.341 e. The summed E-state index contributed by atoms with van der Waals surface area (Å²) in [6.07, 6.45) is 2.13. The van der Waals surface area contributed by atoms with Crippen LogP contribution in [-0.2, 0) is 0 Å². The number of nitrogens with zero attached hydrogens (tertiary/aromatic N) is 2. The monoisotopic (exact) mass is 346 g/mol. The van der Waals surface area contributed by atoms with Gasteiger partial charge < -0.3 is 15.6 Å². The minimum atomic E-state index is -0.0540. The molecule has 1 saturated heterocycles. The molecule has 132 valence electrons. The number of carbonyl (C=O) groups excluding carboxylic acids is 1. The summed E-state index contributed by atoms with van der Waals surface area (Å²) in [6, 6.07) is 20.5. The van der Waals surface area contributed by atoms with Crippen LogP contribution in [0.4, 0.5) is 4.79 Å². The van der Waals surface area contributed by atoms with Crippen LogP contribution in [0.25, 0.3) is 6.08 Å². The molecule has 2 unspecified atom stereocenters. The second kappa shape index (κ2) is 7.04. The number of carbonyl (C=O) groups is 1. The normalized spacial score (nSPS) is 23.2. The van der Waals surface area contributed by atoms with Gasteiger partial charge in [0.05, 0.1) is 11.8 Å². The Balaban J connectivity index is 1.69. The quantitative estimate of drug-likeness (QED) is 0.878. The van der Waals surface area contributed by atoms with E-state index in [1.54, 1.807) is 7.05 Å². The molecule has 0 aromatic heterocycles. The maximum Gasteiger partial charge on any atom is 0.317 e. The van der Waals surface area contributed by atoms with Crippen LogP contribution < -0.4 is 10.7 Å². The van der Waals surface area contributed by atoms with E-state index in [-0.39, 0.29) is 18.0 Å². The van der Waals surface area contributed by atoms with Gasteiger partial charge in [0.15, 0.2) is 0 Å². The average Bonchev–Trinajstić information content (AvgIpc) is 3.13. The van der Waals surface area contributed by atoms with Crippen molar-refractivity contribution in [2.45, 2.75) is 6.04 Å². The largest absolute Gasteiger partial charge is 0.341 e. The van der Waals surface area contributed by atoms with Crippen LogP contribution in [0.2, 0.25) is 0 Å². The third-order valence-electron chi connectivity index (χ3n) is 4.99. The summed E-state index contributed by atoms with van der Waals surface area (Å²) in [5.74, 6) is 0.137. The van der Waals surface area contributed by atoms with Gasteiger partial charge in [0.1, 0.15) is 0 Å². The van der Waals surface area contributed by atoms with E-state index in [1.165, 1.54) is 5.56 Å². The van der Waals surface area contributed by atoms with E-state index in [0.717, 1.165) is 16.8 Å². The molecule has 0 aliphatic carbocycles. The van der Waals surface area contributed by atoms with E-state index < -0.39 is 0 Å². The van der Waals surface area contributed by atoms with Crippen LogP contribution in [0.5, 0.6) is 0 Å². The highest BCUT2D eigenvalue weighted by atomic mass is 16.2. The van der Waals surface area contributed by atoms with E-state index >= 15 is 0 Å². The van der Waals surface area contributed by atoms with Crippen molar-refractivity contribution >= 4 is 17.8 Å². The predicted molar refractivity (Wildman–Crippen MR) is 104 cm³/mol. The van der Waals surface area contributed by atoms with E-state index in [9.17, 15) is 4.79 Å². The molecule has 0 spiro atoms. The van der Waals surface area contributed by atoms with Gasteiger partial charge in [0, 0.05) is 26.1 Å². The number of fused-ring (bicyclic) bond motifs is 1. The van der Waals surface area contributed by atoms with Gasteiger partial charge in [-0.25, -0.2) is 4.79 Å². The summed E-state index contributed by atoms with van der Waals surface area (Å²) in [7, 11) is 1.67. The fourth-order valence-electron chi connectivity index (χ4n) is 3.71. The maximum absolute atomic E-state index is 12.3. The maximum atomic E-state index is 12.3. The van der Waals surface area contributed by atoms with Crippen molar-refractivity contribution in [1.29, 1.82) is 0 Å². The number of hydrogen-bond acceptors (Lipinski definition) is 3. The number of hydrogen-bond donors (Lipinski definition) is 2. The van der Waals surface area contributed by atoms with Crippen molar-refractivity contribution in [1.82, 2.24) is 15.6 Å². The molecule has 5 nitrogen and oxygen atoms in total. The Bertz CT molecular complexity index is 845. The Hall–Kier alpha value is -3.08. The SMILES string of the molecule is CNC(=O)N1CC(=Cc2ccccc2)C2=NNC(c3ccccc3)C2C1. The summed E-state index contributed by atoms with van der Waals surface area (Å²) >= 11 is 0. The molecule has 2 N–H and O–H groups in total. The fourth-order valence-corrected chi connectivity index (χ4v) is 3.71. The Morgan fingerprint density at radius 2 is 1.85 bits per heavy atom. The van der Waals surface area contributed by atoms with Crippen LogP contribution in [0.3, 0.4) is 0 Å². The first-order valence-corrected chi connectivity index (χ1v) is 8.87. The second-order valence-corrected chi connectivity index (χ2v) is 6.64. The minimum absolute atomic E-state index is 0.0540. The smallest absolute Gasteiger partial charge is 0.317 e. The summed E-state index contributed by atoms with van der Waals surface area (Å²) in [5.41, 5.74) is 7.75. The van der Waals surface area contributed by atoms with Crippen molar-refractivity contribution in [3.8, 4) is 0 Å². The third kappa shape index (κ3) is 3.08. The molecule has 2 aromatic carbocycles. The Kier molecular flexibility index (Phi) is 4.44. The van der Waals surface area contributed by atoms with Crippen LogP contribution in [0.1, 0.15) is 17.2 Å². The van der Waals surface area contributed by atoms with Crippen LogP contribution >= 0.6 is 0 Å². The zero-order chi connectivity index (χ0) is 17.9. The van der Waals surface area contributed by atoms with E-state index in [2.05, 4.69) is 46.2 Å². The highest BCUT2D eigenvalue weighted by molar-refractivity contribution is 6.08. The average molecular weight is 346 g/mol. The van der Waals surface area contributed by atoms with Crippen molar-refractivity contribution in [3.63, 3.8) is 0 Å². The number of nitrogens with one attached hydrogen (secondary N) is 2. The zero-order valence-electron chi connectivity index (χ0n) is 14.7. The molecule has 0 saturated carbocycles. The molecule has 2 aliphatic rings. The molecule has 2 atom stereocenters. The molecule has 26 heavy (non-hydrogen) atoms. The van der Waals surface area contributed by atoms with E-state index in [4.69, 9.17) is 0 Å². The molecule has 2 amide bonds. The number of piperidine rings is 1. The summed E-state index contributed by atoms with van der Waals surface area (Å²) < 4.78 is 0. The fraction of sp³-hybridized carbons (Fsp3) is 0.238. The lowest BCUT2D eigenvalue weighted by Gasteiger charge is -2.35. The number of benzene rings is 2. The highest BCUT2D eigenvalue weighted by Crippen LogP contribution is 2.35. The van der Waals surface area contributed by atoms with Gasteiger partial charge in [-0.15, -0.1) is 0 Å². The third-order valence-corrected chi connectivity index (χ3v) is 4.99. The Morgan fingerprint density at radius 1 is 1.15 bits per heavy atom. The standard InChI is InChI=1S/C21H22N4O/c1-22-21(26)25-13-17(12-15-8-4-2-5-9-15)20-18(14-25)19(23-24-20)16-10-6-3-7-11-16/h2-12,18-19,23H,13-14H2,1H3,(H,22,26). The summed E-state index contributed by atoms with van der Waals surface area (Å²) in [4.78, 5) is 14.2. The van der Waals surface area contributed by atoms with Gasteiger partial charge >= 0.3 is 6.03 Å². The second-order valence-electron chi connectivity index (χ2n) is 6.64. The predicted octanol–water partition coefficient (Wildman–Crippen LogP) is 3.04. The van der Waals surface area contributed by atoms with Crippen molar-refractivity contribution in [3.05, 3.63) is 77.4 Å². The van der Waals surface area contributed by atoms with Gasteiger partial charge in [-0.05, 0) is 22.8 Å². The van der Waals surface area contributed by atoms with E-state index in [1.807, 2.05) is 41.3 Å². The lowest BCUT2D eigenvalue weighted by Crippen LogP contribution is -2.49. The van der Waals surface area contributed by atoms with Gasteiger partial charge in [0.25, 0.3) is 0 Å². The first kappa shape index (κ1) is 16.4. The Morgan fingerprint density at radius 3 is 2.54 bits per heavy atom. The van der Waals surface area contributed by atoms with E-state index in [0.29, 0.717) is 13.1 Å². The van der Waals surface area contributed by atoms with Crippen molar-refractivity contribution in [2.75, 3.05) is 20.1 Å². The first-order chi connectivity index (χ1) is 12.8. The number of urea groups is 1. The van der Waals surface area contributed by atoms with Crippen LogP contribution in [0.15, 0.2) is 71.3 Å². The number of amides is 2. The first-order valence-electron chi connectivity index (χ1n) is 8.87. The molecule has 2 heterocycles. The molecule has 2 aliphatic heterocycles.